The smallest absolute Gasteiger partial charge is 0.270 e. The number of nitrogens with zero attached hydrogens (tertiary/aromatic N) is 4. The first kappa shape index (κ1) is 14.9. The SMILES string of the molecule is O=[N+]([O-])c1cccc(-c2ncn(CC(O)c3ccccc3)n2)c1. The Morgan fingerprint density at radius 3 is 2.70 bits per heavy atom. The molecule has 1 N–H and O–H groups in total. The maximum absolute atomic E-state index is 10.8. The van der Waals surface area contributed by atoms with E-state index in [0.29, 0.717) is 11.4 Å². The number of nitro groups is 1. The fourth-order valence-electron chi connectivity index (χ4n) is 2.23. The summed E-state index contributed by atoms with van der Waals surface area (Å²) in [4.78, 5) is 14.5. The Balaban J connectivity index is 1.78. The topological polar surface area (TPSA) is 94.1 Å². The van der Waals surface area contributed by atoms with Crippen LogP contribution < -0.4 is 0 Å². The third-order valence-electron chi connectivity index (χ3n) is 3.40. The lowest BCUT2D eigenvalue weighted by atomic mass is 10.1. The van der Waals surface area contributed by atoms with Crippen LogP contribution in [0.5, 0.6) is 0 Å². The molecule has 1 unspecified atom stereocenters. The summed E-state index contributed by atoms with van der Waals surface area (Å²) in [6, 6.07) is 15.4. The largest absolute Gasteiger partial charge is 0.386 e. The van der Waals surface area contributed by atoms with E-state index in [0.717, 1.165) is 5.56 Å². The molecule has 0 bridgehead atoms. The molecular weight excluding hydrogens is 296 g/mol. The van der Waals surface area contributed by atoms with E-state index >= 15 is 0 Å². The highest BCUT2D eigenvalue weighted by atomic mass is 16.6. The van der Waals surface area contributed by atoms with Crippen molar-refractivity contribution in [2.24, 2.45) is 0 Å². The molecule has 23 heavy (non-hydrogen) atoms. The molecule has 3 rings (SSSR count). The van der Waals surface area contributed by atoms with E-state index in [1.54, 1.807) is 12.1 Å². The van der Waals surface area contributed by atoms with Gasteiger partial charge in [0, 0.05) is 17.7 Å². The van der Waals surface area contributed by atoms with Gasteiger partial charge in [0.25, 0.3) is 5.69 Å². The highest BCUT2D eigenvalue weighted by Crippen LogP contribution is 2.21. The second kappa shape index (κ2) is 6.37. The molecule has 116 valence electrons. The van der Waals surface area contributed by atoms with Crippen molar-refractivity contribution in [2.75, 3.05) is 0 Å². The molecule has 0 saturated heterocycles. The predicted molar refractivity (Wildman–Crippen MR) is 83.5 cm³/mol. The third kappa shape index (κ3) is 3.41. The Labute approximate surface area is 132 Å². The first-order chi connectivity index (χ1) is 11.1. The number of benzene rings is 2. The normalized spacial score (nSPS) is 12.0. The molecule has 0 spiro atoms. The lowest BCUT2D eigenvalue weighted by molar-refractivity contribution is -0.384. The van der Waals surface area contributed by atoms with Crippen LogP contribution in [0.1, 0.15) is 11.7 Å². The van der Waals surface area contributed by atoms with E-state index in [4.69, 9.17) is 0 Å². The maximum Gasteiger partial charge on any atom is 0.270 e. The van der Waals surface area contributed by atoms with Gasteiger partial charge in [0.15, 0.2) is 5.82 Å². The van der Waals surface area contributed by atoms with Gasteiger partial charge in [-0.1, -0.05) is 42.5 Å². The highest BCUT2D eigenvalue weighted by Gasteiger charge is 2.12. The molecule has 1 atom stereocenters. The van der Waals surface area contributed by atoms with E-state index in [1.807, 2.05) is 30.3 Å². The minimum atomic E-state index is -0.698. The molecule has 0 saturated carbocycles. The van der Waals surface area contributed by atoms with Gasteiger partial charge in [-0.05, 0) is 5.56 Å². The summed E-state index contributed by atoms with van der Waals surface area (Å²) in [7, 11) is 0. The summed E-state index contributed by atoms with van der Waals surface area (Å²) in [5, 5.41) is 25.3. The van der Waals surface area contributed by atoms with E-state index in [9.17, 15) is 15.2 Å². The van der Waals surface area contributed by atoms with Gasteiger partial charge >= 0.3 is 0 Å². The van der Waals surface area contributed by atoms with Gasteiger partial charge in [-0.15, -0.1) is 0 Å². The van der Waals surface area contributed by atoms with Crippen molar-refractivity contribution >= 4 is 5.69 Å². The van der Waals surface area contributed by atoms with E-state index in [-0.39, 0.29) is 12.2 Å². The van der Waals surface area contributed by atoms with Crippen molar-refractivity contribution in [3.05, 3.63) is 76.6 Å². The lowest BCUT2D eigenvalue weighted by Crippen LogP contribution is -2.09. The molecule has 2 aromatic carbocycles. The molecule has 3 aromatic rings. The summed E-state index contributed by atoms with van der Waals surface area (Å²) in [6.07, 6.45) is 0.802. The minimum Gasteiger partial charge on any atom is -0.386 e. The second-order valence-electron chi connectivity index (χ2n) is 5.02. The lowest BCUT2D eigenvalue weighted by Gasteiger charge is -2.10. The molecule has 7 heteroatoms. The van der Waals surface area contributed by atoms with Gasteiger partial charge in [0.2, 0.25) is 0 Å². The van der Waals surface area contributed by atoms with Crippen LogP contribution >= 0.6 is 0 Å². The van der Waals surface area contributed by atoms with Gasteiger partial charge in [-0.2, -0.15) is 5.10 Å². The number of rotatable bonds is 5. The van der Waals surface area contributed by atoms with Crippen molar-refractivity contribution in [2.45, 2.75) is 12.6 Å². The summed E-state index contributed by atoms with van der Waals surface area (Å²) < 4.78 is 1.52. The number of non-ortho nitro benzene ring substituents is 1. The third-order valence-corrected chi connectivity index (χ3v) is 3.40. The molecule has 0 fully saturated rings. The van der Waals surface area contributed by atoms with Crippen molar-refractivity contribution in [3.63, 3.8) is 0 Å². The number of hydrogen-bond donors (Lipinski definition) is 1. The molecule has 1 heterocycles. The highest BCUT2D eigenvalue weighted by molar-refractivity contribution is 5.58. The summed E-state index contributed by atoms with van der Waals surface area (Å²) in [6.45, 7) is 0.256. The van der Waals surface area contributed by atoms with Crippen LogP contribution in [0, 0.1) is 10.1 Å². The fraction of sp³-hybridized carbons (Fsp3) is 0.125. The molecular formula is C16H14N4O3. The zero-order valence-electron chi connectivity index (χ0n) is 12.1. The number of hydrogen-bond acceptors (Lipinski definition) is 5. The van der Waals surface area contributed by atoms with E-state index in [2.05, 4.69) is 10.1 Å². The molecule has 0 aliphatic rings. The van der Waals surface area contributed by atoms with Crippen molar-refractivity contribution in [1.82, 2.24) is 14.8 Å². The van der Waals surface area contributed by atoms with E-state index < -0.39 is 11.0 Å². The average molecular weight is 310 g/mol. The fourth-order valence-corrected chi connectivity index (χ4v) is 2.23. The Morgan fingerprint density at radius 1 is 1.17 bits per heavy atom. The number of nitro benzene ring substituents is 1. The number of aliphatic hydroxyl groups excluding tert-OH is 1. The first-order valence-electron chi connectivity index (χ1n) is 7.01. The van der Waals surface area contributed by atoms with Gasteiger partial charge < -0.3 is 5.11 Å². The summed E-state index contributed by atoms with van der Waals surface area (Å²) in [5.41, 5.74) is 1.34. The van der Waals surface area contributed by atoms with E-state index in [1.165, 1.54) is 23.1 Å². The Bertz CT molecular complexity index is 817. The van der Waals surface area contributed by atoms with Gasteiger partial charge in [-0.3, -0.25) is 10.1 Å². The first-order valence-corrected chi connectivity index (χ1v) is 7.01. The van der Waals surface area contributed by atoms with Crippen molar-refractivity contribution in [3.8, 4) is 11.4 Å². The summed E-state index contributed by atoms with van der Waals surface area (Å²) >= 11 is 0. The van der Waals surface area contributed by atoms with Crippen LogP contribution in [0.4, 0.5) is 5.69 Å². The second-order valence-corrected chi connectivity index (χ2v) is 5.02. The molecule has 0 amide bonds. The van der Waals surface area contributed by atoms with Crippen LogP contribution in [0.25, 0.3) is 11.4 Å². The Kier molecular flexibility index (Phi) is 4.11. The quantitative estimate of drug-likeness (QED) is 0.577. The van der Waals surface area contributed by atoms with Gasteiger partial charge in [0.1, 0.15) is 6.33 Å². The zero-order valence-corrected chi connectivity index (χ0v) is 12.1. The molecule has 7 nitrogen and oxygen atoms in total. The van der Waals surface area contributed by atoms with Gasteiger partial charge in [0.05, 0.1) is 17.6 Å². The molecule has 1 aromatic heterocycles. The standard InChI is InChI=1S/C16H14N4O3/c21-15(12-5-2-1-3-6-12)10-19-11-17-16(18-19)13-7-4-8-14(9-13)20(22)23/h1-9,11,15,21H,10H2. The van der Waals surface area contributed by atoms with Gasteiger partial charge in [-0.25, -0.2) is 9.67 Å². The van der Waals surface area contributed by atoms with Crippen LogP contribution in [0.3, 0.4) is 0 Å². The zero-order chi connectivity index (χ0) is 16.2. The van der Waals surface area contributed by atoms with Crippen molar-refractivity contribution in [1.29, 1.82) is 0 Å². The van der Waals surface area contributed by atoms with Crippen LogP contribution in [-0.4, -0.2) is 24.8 Å². The number of aliphatic hydroxyl groups is 1. The van der Waals surface area contributed by atoms with Crippen LogP contribution in [0.2, 0.25) is 0 Å². The molecule has 0 aliphatic heterocycles. The minimum absolute atomic E-state index is 0.0110. The Morgan fingerprint density at radius 2 is 1.96 bits per heavy atom. The monoisotopic (exact) mass is 310 g/mol. The number of aromatic nitrogens is 3. The predicted octanol–water partition coefficient (Wildman–Crippen LogP) is 2.59. The molecule has 0 aliphatic carbocycles. The van der Waals surface area contributed by atoms with Crippen molar-refractivity contribution < 1.29 is 10.0 Å². The molecule has 0 radical (unpaired) electrons. The summed E-state index contributed by atoms with van der Waals surface area (Å²) in [5.74, 6) is 0.383. The van der Waals surface area contributed by atoms with Crippen LogP contribution in [-0.2, 0) is 6.54 Å². The Hall–Kier alpha value is -3.06. The maximum atomic E-state index is 10.8. The van der Waals surface area contributed by atoms with Crippen LogP contribution in [0.15, 0.2) is 60.9 Å². The average Bonchev–Trinajstić information content (AvgIpc) is 3.04.